The molecule has 0 amide bonds. The van der Waals surface area contributed by atoms with E-state index in [1.165, 1.54) is 57.8 Å². The smallest absolute Gasteiger partial charge is 0.0664 e. The predicted octanol–water partition coefficient (Wildman–Crippen LogP) is 3.57. The lowest BCUT2D eigenvalue weighted by Gasteiger charge is -2.18. The van der Waals surface area contributed by atoms with Gasteiger partial charge in [-0.1, -0.05) is 71.1 Å². The minimum atomic E-state index is -0.209. The molecule has 0 radical (unpaired) electrons. The SMILES string of the molecule is CCCCCCCCCCCCC(O)CNCC(C)NCC(C)N. The molecule has 0 bridgehead atoms. The molecule has 0 aromatic carbocycles. The lowest BCUT2D eigenvalue weighted by molar-refractivity contribution is 0.157. The standard InChI is InChI=1S/C20H45N3O/c1-4-5-6-7-8-9-10-11-12-13-14-20(24)17-22-16-19(3)23-15-18(2)21/h18-20,22-24H,4-17,21H2,1-3H3. The van der Waals surface area contributed by atoms with E-state index in [1.807, 2.05) is 6.92 Å². The fourth-order valence-corrected chi connectivity index (χ4v) is 2.90. The van der Waals surface area contributed by atoms with Gasteiger partial charge in [-0.05, 0) is 20.3 Å². The van der Waals surface area contributed by atoms with Crippen LogP contribution in [0.15, 0.2) is 0 Å². The molecule has 0 aliphatic carbocycles. The van der Waals surface area contributed by atoms with E-state index in [0.717, 1.165) is 25.9 Å². The summed E-state index contributed by atoms with van der Waals surface area (Å²) < 4.78 is 0. The lowest BCUT2D eigenvalue weighted by Crippen LogP contribution is -2.43. The number of unbranched alkanes of at least 4 members (excludes halogenated alkanes) is 9. The van der Waals surface area contributed by atoms with Crippen molar-refractivity contribution in [1.29, 1.82) is 0 Å². The molecule has 146 valence electrons. The number of nitrogens with two attached hydrogens (primary N) is 1. The summed E-state index contributed by atoms with van der Waals surface area (Å²) in [5.74, 6) is 0. The Bertz CT molecular complexity index is 249. The molecule has 0 aromatic rings. The van der Waals surface area contributed by atoms with E-state index < -0.39 is 0 Å². The van der Waals surface area contributed by atoms with Crippen molar-refractivity contribution < 1.29 is 5.11 Å². The van der Waals surface area contributed by atoms with Crippen LogP contribution in [0.1, 0.15) is 91.4 Å². The number of rotatable bonds is 18. The zero-order valence-corrected chi connectivity index (χ0v) is 16.7. The number of aliphatic hydroxyl groups is 1. The first-order chi connectivity index (χ1) is 11.6. The summed E-state index contributed by atoms with van der Waals surface area (Å²) in [7, 11) is 0. The molecule has 5 N–H and O–H groups in total. The number of nitrogens with one attached hydrogen (secondary N) is 2. The second kappa shape index (κ2) is 17.7. The molecule has 0 heterocycles. The molecule has 0 spiro atoms. The van der Waals surface area contributed by atoms with Crippen molar-refractivity contribution >= 4 is 0 Å². The molecule has 3 unspecified atom stereocenters. The van der Waals surface area contributed by atoms with Crippen molar-refractivity contribution in [3.05, 3.63) is 0 Å². The molecule has 0 saturated carbocycles. The van der Waals surface area contributed by atoms with Crippen LogP contribution in [-0.4, -0.2) is 42.9 Å². The third kappa shape index (κ3) is 18.2. The zero-order chi connectivity index (χ0) is 18.0. The Hall–Kier alpha value is -0.160. The largest absolute Gasteiger partial charge is 0.392 e. The number of hydrogen-bond acceptors (Lipinski definition) is 4. The van der Waals surface area contributed by atoms with Crippen molar-refractivity contribution in [3.8, 4) is 0 Å². The van der Waals surface area contributed by atoms with Crippen LogP contribution in [0.25, 0.3) is 0 Å². The van der Waals surface area contributed by atoms with E-state index in [2.05, 4.69) is 24.5 Å². The summed E-state index contributed by atoms with van der Waals surface area (Å²) in [4.78, 5) is 0. The summed E-state index contributed by atoms with van der Waals surface area (Å²) in [6.07, 6.45) is 14.2. The Labute approximate surface area is 151 Å². The molecular weight excluding hydrogens is 298 g/mol. The van der Waals surface area contributed by atoms with Crippen LogP contribution in [0.2, 0.25) is 0 Å². The van der Waals surface area contributed by atoms with Gasteiger partial charge in [0.25, 0.3) is 0 Å². The highest BCUT2D eigenvalue weighted by Gasteiger charge is 2.06. The first kappa shape index (κ1) is 23.8. The van der Waals surface area contributed by atoms with Crippen molar-refractivity contribution in [2.45, 2.75) is 110 Å². The van der Waals surface area contributed by atoms with Gasteiger partial charge in [-0.2, -0.15) is 0 Å². The molecule has 0 aliphatic heterocycles. The normalized spacial score (nSPS) is 15.4. The van der Waals surface area contributed by atoms with Crippen molar-refractivity contribution in [3.63, 3.8) is 0 Å². The molecule has 0 fully saturated rings. The Balaban J connectivity index is 3.27. The minimum absolute atomic E-state index is 0.189. The first-order valence-electron chi connectivity index (χ1n) is 10.4. The van der Waals surface area contributed by atoms with Crippen molar-refractivity contribution in [2.24, 2.45) is 5.73 Å². The van der Waals surface area contributed by atoms with Gasteiger partial charge >= 0.3 is 0 Å². The van der Waals surface area contributed by atoms with E-state index in [0.29, 0.717) is 12.6 Å². The van der Waals surface area contributed by atoms with Gasteiger partial charge in [0.15, 0.2) is 0 Å². The Morgan fingerprint density at radius 2 is 1.33 bits per heavy atom. The summed E-state index contributed by atoms with van der Waals surface area (Å²) >= 11 is 0. The highest BCUT2D eigenvalue weighted by atomic mass is 16.3. The van der Waals surface area contributed by atoms with Crippen LogP contribution in [0.5, 0.6) is 0 Å². The third-order valence-corrected chi connectivity index (χ3v) is 4.51. The van der Waals surface area contributed by atoms with Gasteiger partial charge in [0.1, 0.15) is 0 Å². The Morgan fingerprint density at radius 1 is 0.792 bits per heavy atom. The van der Waals surface area contributed by atoms with E-state index in [9.17, 15) is 5.11 Å². The summed E-state index contributed by atoms with van der Waals surface area (Å²) in [6, 6.07) is 0.579. The third-order valence-electron chi connectivity index (χ3n) is 4.51. The molecule has 4 heteroatoms. The van der Waals surface area contributed by atoms with E-state index in [4.69, 9.17) is 5.73 Å². The van der Waals surface area contributed by atoms with Gasteiger partial charge in [0, 0.05) is 31.7 Å². The maximum absolute atomic E-state index is 10.0. The summed E-state index contributed by atoms with van der Waals surface area (Å²) in [5.41, 5.74) is 5.72. The van der Waals surface area contributed by atoms with Crippen molar-refractivity contribution in [1.82, 2.24) is 10.6 Å². The number of hydrogen-bond donors (Lipinski definition) is 4. The van der Waals surface area contributed by atoms with Gasteiger partial charge in [0.05, 0.1) is 6.10 Å². The zero-order valence-electron chi connectivity index (χ0n) is 16.7. The molecule has 0 aliphatic rings. The van der Waals surface area contributed by atoms with Gasteiger partial charge in [0.2, 0.25) is 0 Å². The lowest BCUT2D eigenvalue weighted by atomic mass is 10.0. The average molecular weight is 344 g/mol. The molecule has 4 nitrogen and oxygen atoms in total. The van der Waals surface area contributed by atoms with Gasteiger partial charge in [-0.25, -0.2) is 0 Å². The first-order valence-corrected chi connectivity index (χ1v) is 10.4. The van der Waals surface area contributed by atoms with E-state index >= 15 is 0 Å². The van der Waals surface area contributed by atoms with Gasteiger partial charge in [-0.15, -0.1) is 0 Å². The van der Waals surface area contributed by atoms with Gasteiger partial charge in [-0.3, -0.25) is 0 Å². The fraction of sp³-hybridized carbons (Fsp3) is 1.00. The molecular formula is C20H45N3O. The van der Waals surface area contributed by atoms with Crippen LogP contribution < -0.4 is 16.4 Å². The van der Waals surface area contributed by atoms with Crippen LogP contribution in [-0.2, 0) is 0 Å². The second-order valence-electron chi connectivity index (χ2n) is 7.57. The molecule has 24 heavy (non-hydrogen) atoms. The quantitative estimate of drug-likeness (QED) is 0.287. The Morgan fingerprint density at radius 3 is 1.88 bits per heavy atom. The molecule has 0 rings (SSSR count). The topological polar surface area (TPSA) is 70.3 Å². The van der Waals surface area contributed by atoms with Crippen LogP contribution in [0, 0.1) is 0 Å². The number of aliphatic hydroxyl groups excluding tert-OH is 1. The van der Waals surface area contributed by atoms with Crippen molar-refractivity contribution in [2.75, 3.05) is 19.6 Å². The van der Waals surface area contributed by atoms with Gasteiger partial charge < -0.3 is 21.5 Å². The maximum atomic E-state index is 10.0. The highest BCUT2D eigenvalue weighted by Crippen LogP contribution is 2.11. The molecule has 0 saturated heterocycles. The van der Waals surface area contributed by atoms with E-state index in [1.54, 1.807) is 0 Å². The Kier molecular flexibility index (Phi) is 17.5. The van der Waals surface area contributed by atoms with Crippen LogP contribution in [0.3, 0.4) is 0 Å². The fourth-order valence-electron chi connectivity index (χ4n) is 2.90. The average Bonchev–Trinajstić information content (AvgIpc) is 2.54. The van der Waals surface area contributed by atoms with Crippen LogP contribution >= 0.6 is 0 Å². The minimum Gasteiger partial charge on any atom is -0.392 e. The summed E-state index contributed by atoms with van der Waals surface area (Å²) in [6.45, 7) is 8.82. The van der Waals surface area contributed by atoms with Crippen LogP contribution in [0.4, 0.5) is 0 Å². The predicted molar refractivity (Wildman–Crippen MR) is 106 cm³/mol. The monoisotopic (exact) mass is 343 g/mol. The summed E-state index contributed by atoms with van der Waals surface area (Å²) in [5, 5.41) is 16.7. The van der Waals surface area contributed by atoms with E-state index in [-0.39, 0.29) is 12.1 Å². The highest BCUT2D eigenvalue weighted by molar-refractivity contribution is 4.69. The molecule has 3 atom stereocenters. The molecule has 0 aromatic heterocycles. The second-order valence-corrected chi connectivity index (χ2v) is 7.57. The maximum Gasteiger partial charge on any atom is 0.0664 e.